The van der Waals surface area contributed by atoms with Gasteiger partial charge < -0.3 is 14.5 Å². The fraction of sp³-hybridized carbons (Fsp3) is 0.583. The van der Waals surface area contributed by atoms with E-state index in [9.17, 15) is 9.59 Å². The third kappa shape index (κ3) is 4.50. The maximum Gasteiger partial charge on any atom is 0.227 e. The van der Waals surface area contributed by atoms with Crippen molar-refractivity contribution in [2.45, 2.75) is 46.0 Å². The predicted molar refractivity (Wildman–Crippen MR) is 120 cm³/mol. The number of aromatic nitrogens is 2. The highest BCUT2D eigenvalue weighted by Gasteiger charge is 2.34. The Kier molecular flexibility index (Phi) is 6.39. The van der Waals surface area contributed by atoms with Gasteiger partial charge >= 0.3 is 0 Å². The molecule has 2 fully saturated rings. The number of methoxy groups -OCH3 is 1. The minimum absolute atomic E-state index is 0.00356. The van der Waals surface area contributed by atoms with E-state index in [2.05, 4.69) is 4.90 Å². The quantitative estimate of drug-likeness (QED) is 0.732. The molecule has 0 N–H and O–H groups in total. The van der Waals surface area contributed by atoms with Gasteiger partial charge in [0.05, 0.1) is 24.2 Å². The third-order valence-electron chi connectivity index (χ3n) is 6.67. The molecule has 1 aromatic carbocycles. The summed E-state index contributed by atoms with van der Waals surface area (Å²) in [6.45, 7) is 6.70. The number of ether oxygens (including phenoxy) is 1. The number of benzene rings is 1. The number of carbonyl (C=O) groups excluding carboxylic acids is 2. The van der Waals surface area contributed by atoms with Gasteiger partial charge in [-0.3, -0.25) is 9.59 Å². The van der Waals surface area contributed by atoms with Gasteiger partial charge in [-0.25, -0.2) is 9.97 Å². The van der Waals surface area contributed by atoms with Crippen molar-refractivity contribution < 1.29 is 14.3 Å². The van der Waals surface area contributed by atoms with Gasteiger partial charge in [-0.05, 0) is 44.7 Å². The molecule has 2 aliphatic heterocycles. The largest absolute Gasteiger partial charge is 0.497 e. The molecule has 0 aliphatic carbocycles. The highest BCUT2D eigenvalue weighted by molar-refractivity contribution is 5.85. The fourth-order valence-electron chi connectivity index (χ4n) is 4.87. The molecule has 0 bridgehead atoms. The number of Topliss-reactive ketones (excluding diaryl/α,β-unsaturated/α-hetero) is 1. The molecular formula is C24H32N4O3. The first kappa shape index (κ1) is 21.5. The van der Waals surface area contributed by atoms with Crippen LogP contribution in [0.25, 0.3) is 10.9 Å². The number of likely N-dealkylation sites (tertiary alicyclic amines) is 1. The van der Waals surface area contributed by atoms with E-state index in [1.54, 1.807) is 7.11 Å². The van der Waals surface area contributed by atoms with Crippen molar-refractivity contribution in [2.24, 2.45) is 11.8 Å². The summed E-state index contributed by atoms with van der Waals surface area (Å²) in [5.41, 5.74) is 1.78. The van der Waals surface area contributed by atoms with E-state index < -0.39 is 0 Å². The Balaban J connectivity index is 1.50. The summed E-state index contributed by atoms with van der Waals surface area (Å²) in [6.07, 6.45) is 4.17. The van der Waals surface area contributed by atoms with Gasteiger partial charge in [-0.15, -0.1) is 0 Å². The summed E-state index contributed by atoms with van der Waals surface area (Å²) in [6, 6.07) is 5.84. The van der Waals surface area contributed by atoms with Gasteiger partial charge in [0.1, 0.15) is 11.5 Å². The van der Waals surface area contributed by atoms with E-state index in [1.165, 1.54) is 0 Å². The molecule has 31 heavy (non-hydrogen) atoms. The van der Waals surface area contributed by atoms with Crippen LogP contribution in [0.3, 0.4) is 0 Å². The number of carbonyl (C=O) groups is 2. The first-order valence-electron chi connectivity index (χ1n) is 11.4. The van der Waals surface area contributed by atoms with E-state index in [1.807, 2.05) is 36.9 Å². The van der Waals surface area contributed by atoms with Crippen LogP contribution in [-0.2, 0) is 9.59 Å². The molecule has 2 aromatic rings. The molecule has 4 rings (SSSR count). The van der Waals surface area contributed by atoms with Crippen LogP contribution >= 0.6 is 0 Å². The SMILES string of the molecule is CCC(=O)[C@@H]1CCCN(C(=O)[C@@H]2CCCN(c3nc(C)c4ccc(OC)cc4n3)C2)C1. The average Bonchev–Trinajstić information content (AvgIpc) is 2.82. The Hall–Kier alpha value is -2.70. The van der Waals surface area contributed by atoms with E-state index >= 15 is 0 Å². The second-order valence-corrected chi connectivity index (χ2v) is 8.72. The molecule has 2 atom stereocenters. The average molecular weight is 425 g/mol. The minimum atomic E-state index is -0.0749. The van der Waals surface area contributed by atoms with Gasteiger partial charge in [0.2, 0.25) is 11.9 Å². The fourth-order valence-corrected chi connectivity index (χ4v) is 4.87. The molecule has 0 unspecified atom stereocenters. The molecule has 2 aliphatic rings. The molecule has 3 heterocycles. The Labute approximate surface area is 183 Å². The Morgan fingerprint density at radius 2 is 1.87 bits per heavy atom. The molecule has 0 radical (unpaired) electrons. The van der Waals surface area contributed by atoms with Crippen molar-refractivity contribution in [2.75, 3.05) is 38.2 Å². The third-order valence-corrected chi connectivity index (χ3v) is 6.67. The lowest BCUT2D eigenvalue weighted by Crippen LogP contribution is -2.49. The number of aryl methyl sites for hydroxylation is 1. The summed E-state index contributed by atoms with van der Waals surface area (Å²) in [5, 5.41) is 1.01. The van der Waals surface area contributed by atoms with Gasteiger partial charge in [0.15, 0.2) is 0 Å². The summed E-state index contributed by atoms with van der Waals surface area (Å²) in [4.78, 5) is 39.0. The number of piperidine rings is 2. The molecule has 7 heteroatoms. The van der Waals surface area contributed by atoms with Gasteiger partial charge in [-0.1, -0.05) is 6.92 Å². The van der Waals surface area contributed by atoms with E-state index in [-0.39, 0.29) is 23.5 Å². The molecule has 7 nitrogen and oxygen atoms in total. The predicted octanol–water partition coefficient (Wildman–Crippen LogP) is 3.38. The molecular weight excluding hydrogens is 392 g/mol. The zero-order valence-electron chi connectivity index (χ0n) is 18.8. The minimum Gasteiger partial charge on any atom is -0.497 e. The second kappa shape index (κ2) is 9.20. The van der Waals surface area contributed by atoms with Gasteiger partial charge in [0, 0.05) is 50.0 Å². The molecule has 0 spiro atoms. The van der Waals surface area contributed by atoms with E-state index in [4.69, 9.17) is 14.7 Å². The standard InChI is InChI=1S/C24H32N4O3/c1-4-22(29)17-7-5-11-27(14-17)23(30)18-8-6-12-28(15-18)24-25-16(2)20-10-9-19(31-3)13-21(20)26-24/h9-10,13,17-18H,4-8,11-12,14-15H2,1-3H3/t17-,18-/m1/s1. The normalized spacial score (nSPS) is 21.9. The van der Waals surface area contributed by atoms with Crippen molar-refractivity contribution in [1.82, 2.24) is 14.9 Å². The van der Waals surface area contributed by atoms with Crippen molar-refractivity contribution in [3.63, 3.8) is 0 Å². The molecule has 166 valence electrons. The first-order valence-corrected chi connectivity index (χ1v) is 11.4. The first-order chi connectivity index (χ1) is 15.0. The summed E-state index contributed by atoms with van der Waals surface area (Å²) < 4.78 is 5.35. The van der Waals surface area contributed by atoms with Crippen LogP contribution < -0.4 is 9.64 Å². The van der Waals surface area contributed by atoms with Gasteiger partial charge in [0.25, 0.3) is 0 Å². The number of fused-ring (bicyclic) bond motifs is 1. The van der Waals surface area contributed by atoms with Gasteiger partial charge in [-0.2, -0.15) is 0 Å². The number of hydrogen-bond acceptors (Lipinski definition) is 6. The summed E-state index contributed by atoms with van der Waals surface area (Å²) in [7, 11) is 1.65. The lowest BCUT2D eigenvalue weighted by Gasteiger charge is -2.38. The Morgan fingerprint density at radius 1 is 1.10 bits per heavy atom. The molecule has 1 amide bonds. The topological polar surface area (TPSA) is 75.6 Å². The monoisotopic (exact) mass is 424 g/mol. The number of anilines is 1. The smallest absolute Gasteiger partial charge is 0.227 e. The maximum atomic E-state index is 13.3. The highest BCUT2D eigenvalue weighted by Crippen LogP contribution is 2.28. The Bertz CT molecular complexity index is 977. The van der Waals surface area contributed by atoms with Crippen LogP contribution in [0, 0.1) is 18.8 Å². The van der Waals surface area contributed by atoms with Crippen LogP contribution in [0.5, 0.6) is 5.75 Å². The zero-order chi connectivity index (χ0) is 22.0. The lowest BCUT2D eigenvalue weighted by atomic mass is 9.90. The highest BCUT2D eigenvalue weighted by atomic mass is 16.5. The van der Waals surface area contributed by atoms with E-state index in [0.29, 0.717) is 25.5 Å². The van der Waals surface area contributed by atoms with Crippen LogP contribution in [0.2, 0.25) is 0 Å². The van der Waals surface area contributed by atoms with Crippen molar-refractivity contribution >= 4 is 28.5 Å². The van der Waals surface area contributed by atoms with Crippen molar-refractivity contribution in [1.29, 1.82) is 0 Å². The molecule has 2 saturated heterocycles. The van der Waals surface area contributed by atoms with E-state index in [0.717, 1.165) is 61.1 Å². The van der Waals surface area contributed by atoms with Crippen LogP contribution in [0.4, 0.5) is 5.95 Å². The Morgan fingerprint density at radius 3 is 2.65 bits per heavy atom. The van der Waals surface area contributed by atoms with Crippen LogP contribution in [0.1, 0.15) is 44.7 Å². The maximum absolute atomic E-state index is 13.3. The number of amides is 1. The summed E-state index contributed by atoms with van der Waals surface area (Å²) in [5.74, 6) is 1.83. The number of nitrogens with zero attached hydrogens (tertiary/aromatic N) is 4. The number of ketones is 1. The van der Waals surface area contributed by atoms with Crippen LogP contribution in [-0.4, -0.2) is 59.8 Å². The number of hydrogen-bond donors (Lipinski definition) is 0. The van der Waals surface area contributed by atoms with Crippen molar-refractivity contribution in [3.05, 3.63) is 23.9 Å². The number of rotatable bonds is 5. The molecule has 1 aromatic heterocycles. The second-order valence-electron chi connectivity index (χ2n) is 8.72. The summed E-state index contributed by atoms with van der Waals surface area (Å²) >= 11 is 0. The zero-order valence-corrected chi connectivity index (χ0v) is 18.8. The van der Waals surface area contributed by atoms with Crippen LogP contribution in [0.15, 0.2) is 18.2 Å². The molecule has 0 saturated carbocycles. The van der Waals surface area contributed by atoms with Crippen molar-refractivity contribution in [3.8, 4) is 5.75 Å². The lowest BCUT2D eigenvalue weighted by molar-refractivity contribution is -0.139.